The van der Waals surface area contributed by atoms with E-state index in [-0.39, 0.29) is 11.8 Å². The van der Waals surface area contributed by atoms with Crippen molar-refractivity contribution in [3.63, 3.8) is 0 Å². The van der Waals surface area contributed by atoms with Crippen molar-refractivity contribution in [3.05, 3.63) is 54.4 Å². The van der Waals surface area contributed by atoms with Crippen LogP contribution in [0, 0.1) is 0 Å². The second kappa shape index (κ2) is 8.07. The molecule has 7 heteroatoms. The highest BCUT2D eigenvalue weighted by atomic mass is 16.5. The monoisotopic (exact) mass is 369 g/mol. The third-order valence-corrected chi connectivity index (χ3v) is 4.67. The average molecular weight is 369 g/mol. The predicted octanol–water partition coefficient (Wildman–Crippen LogP) is 1.71. The van der Waals surface area contributed by atoms with Crippen LogP contribution in [0.1, 0.15) is 24.2 Å². The molecular weight excluding hydrogens is 346 g/mol. The molecule has 7 nitrogen and oxygen atoms in total. The lowest BCUT2D eigenvalue weighted by Gasteiger charge is -2.35. The lowest BCUT2D eigenvalue weighted by Crippen LogP contribution is -2.52. The number of aromatic nitrogens is 1. The predicted molar refractivity (Wildman–Crippen MR) is 99.5 cm³/mol. The van der Waals surface area contributed by atoms with E-state index in [1.54, 1.807) is 28.9 Å². The first-order valence-electron chi connectivity index (χ1n) is 8.94. The molecule has 0 spiro atoms. The van der Waals surface area contributed by atoms with Crippen LogP contribution in [0.25, 0.3) is 5.69 Å². The molecule has 0 bridgehead atoms. The van der Waals surface area contributed by atoms with Gasteiger partial charge < -0.3 is 19.1 Å². The largest absolute Gasteiger partial charge is 0.449 e. The van der Waals surface area contributed by atoms with E-state index in [2.05, 4.69) is 0 Å². The molecule has 0 N–H and O–H groups in total. The Morgan fingerprint density at radius 3 is 2.04 bits per heavy atom. The van der Waals surface area contributed by atoms with E-state index in [1.165, 1.54) is 6.92 Å². The molecule has 1 aliphatic heterocycles. The summed E-state index contributed by atoms with van der Waals surface area (Å²) in [6.07, 6.45) is 2.96. The number of hydrogen-bond donors (Lipinski definition) is 0. The molecule has 2 aromatic rings. The number of rotatable bonds is 4. The molecule has 1 aromatic heterocycles. The van der Waals surface area contributed by atoms with E-state index in [0.29, 0.717) is 31.7 Å². The molecule has 0 saturated carbocycles. The van der Waals surface area contributed by atoms with Gasteiger partial charge in [0.1, 0.15) is 0 Å². The Morgan fingerprint density at radius 1 is 0.926 bits per heavy atom. The second-order valence-electron chi connectivity index (χ2n) is 6.52. The molecule has 1 aliphatic rings. The van der Waals surface area contributed by atoms with Crippen molar-refractivity contribution < 1.29 is 19.1 Å². The lowest BCUT2D eigenvalue weighted by atomic mass is 10.2. The minimum Gasteiger partial charge on any atom is -0.449 e. The van der Waals surface area contributed by atoms with Gasteiger partial charge in [0.25, 0.3) is 5.91 Å². The van der Waals surface area contributed by atoms with Crippen LogP contribution < -0.4 is 0 Å². The van der Waals surface area contributed by atoms with Gasteiger partial charge in [0.2, 0.25) is 5.91 Å². The summed E-state index contributed by atoms with van der Waals surface area (Å²) in [6.45, 7) is 5.00. The van der Waals surface area contributed by atoms with Crippen LogP contribution in [-0.2, 0) is 14.3 Å². The van der Waals surface area contributed by atoms with E-state index in [9.17, 15) is 14.4 Å². The van der Waals surface area contributed by atoms with Gasteiger partial charge in [-0.3, -0.25) is 9.59 Å². The zero-order valence-corrected chi connectivity index (χ0v) is 15.5. The highest BCUT2D eigenvalue weighted by Gasteiger charge is 2.28. The number of benzene rings is 1. The van der Waals surface area contributed by atoms with Crippen molar-refractivity contribution in [2.24, 2.45) is 0 Å². The molecule has 2 amide bonds. The molecule has 1 unspecified atom stereocenters. The van der Waals surface area contributed by atoms with E-state index in [0.717, 1.165) is 5.69 Å². The van der Waals surface area contributed by atoms with Gasteiger partial charge in [-0.2, -0.15) is 0 Å². The zero-order valence-electron chi connectivity index (χ0n) is 15.5. The van der Waals surface area contributed by atoms with Crippen molar-refractivity contribution in [2.75, 3.05) is 26.2 Å². The number of hydrogen-bond acceptors (Lipinski definition) is 4. The number of nitrogens with zero attached hydrogens (tertiary/aromatic N) is 3. The first-order chi connectivity index (χ1) is 13.0. The Morgan fingerprint density at radius 2 is 1.48 bits per heavy atom. The maximum atomic E-state index is 12.5. The third-order valence-electron chi connectivity index (χ3n) is 4.67. The lowest BCUT2D eigenvalue weighted by molar-refractivity contribution is -0.144. The van der Waals surface area contributed by atoms with Crippen LogP contribution in [0.4, 0.5) is 0 Å². The van der Waals surface area contributed by atoms with Crippen LogP contribution in [0.3, 0.4) is 0 Å². The molecule has 0 aliphatic carbocycles. The fourth-order valence-electron chi connectivity index (χ4n) is 3.05. The Labute approximate surface area is 158 Å². The highest BCUT2D eigenvalue weighted by molar-refractivity contribution is 5.92. The molecule has 1 atom stereocenters. The first kappa shape index (κ1) is 18.7. The molecule has 2 heterocycles. The van der Waals surface area contributed by atoms with Gasteiger partial charge in [-0.05, 0) is 43.3 Å². The summed E-state index contributed by atoms with van der Waals surface area (Å²) in [7, 11) is 0. The maximum absolute atomic E-state index is 12.5. The normalized spacial score (nSPS) is 15.3. The van der Waals surface area contributed by atoms with Crippen LogP contribution in [-0.4, -0.2) is 64.4 Å². The number of carbonyl (C=O) groups is 3. The van der Waals surface area contributed by atoms with E-state index < -0.39 is 12.1 Å². The van der Waals surface area contributed by atoms with Crippen molar-refractivity contribution in [3.8, 4) is 5.69 Å². The summed E-state index contributed by atoms with van der Waals surface area (Å²) < 4.78 is 7.27. The summed E-state index contributed by atoms with van der Waals surface area (Å²) in [5, 5.41) is 0. The molecule has 142 valence electrons. The Kier molecular flexibility index (Phi) is 5.59. The van der Waals surface area contributed by atoms with Gasteiger partial charge in [-0.1, -0.05) is 0 Å². The first-order valence-corrected chi connectivity index (χ1v) is 8.94. The molecular formula is C20H23N3O4. The van der Waals surface area contributed by atoms with E-state index in [1.807, 2.05) is 41.2 Å². The van der Waals surface area contributed by atoms with Gasteiger partial charge in [-0.25, -0.2) is 4.79 Å². The number of amides is 2. The van der Waals surface area contributed by atoms with Crippen LogP contribution in [0.15, 0.2) is 48.8 Å². The fraction of sp³-hybridized carbons (Fsp3) is 0.350. The van der Waals surface area contributed by atoms with Gasteiger partial charge >= 0.3 is 5.97 Å². The number of esters is 1. The van der Waals surface area contributed by atoms with Gasteiger partial charge in [0.15, 0.2) is 6.10 Å². The number of carbonyl (C=O) groups excluding carboxylic acids is 3. The van der Waals surface area contributed by atoms with E-state index >= 15 is 0 Å². The van der Waals surface area contributed by atoms with Crippen molar-refractivity contribution in [2.45, 2.75) is 20.0 Å². The average Bonchev–Trinajstić information content (AvgIpc) is 3.22. The van der Waals surface area contributed by atoms with Crippen LogP contribution in [0.2, 0.25) is 0 Å². The standard InChI is InChI=1S/C20H23N3O4/c1-15(19(25)23-13-11-21(12-14-23)16(2)24)27-20(26)17-5-7-18(8-6-17)22-9-3-4-10-22/h3-10,15H,11-14H2,1-2H3. The SMILES string of the molecule is CC(=O)N1CCN(C(=O)C(C)OC(=O)c2ccc(-n3cccc3)cc2)CC1. The van der Waals surface area contributed by atoms with Crippen molar-refractivity contribution in [1.82, 2.24) is 14.4 Å². The quantitative estimate of drug-likeness (QED) is 0.770. The van der Waals surface area contributed by atoms with Gasteiger partial charge in [0.05, 0.1) is 5.56 Å². The summed E-state index contributed by atoms with van der Waals surface area (Å²) in [6, 6.07) is 10.9. The number of ether oxygens (including phenoxy) is 1. The molecule has 0 radical (unpaired) electrons. The van der Waals surface area contributed by atoms with Gasteiger partial charge in [-0.15, -0.1) is 0 Å². The number of piperazine rings is 1. The van der Waals surface area contributed by atoms with E-state index in [4.69, 9.17) is 4.74 Å². The highest BCUT2D eigenvalue weighted by Crippen LogP contribution is 2.13. The zero-order chi connectivity index (χ0) is 19.4. The topological polar surface area (TPSA) is 71.9 Å². The smallest absolute Gasteiger partial charge is 0.338 e. The summed E-state index contributed by atoms with van der Waals surface area (Å²) in [5.41, 5.74) is 1.33. The Bertz CT molecular complexity index is 806. The molecule has 3 rings (SSSR count). The Balaban J connectivity index is 1.55. The minimum atomic E-state index is -0.870. The van der Waals surface area contributed by atoms with Crippen LogP contribution in [0.5, 0.6) is 0 Å². The summed E-state index contributed by atoms with van der Waals surface area (Å²) in [4.78, 5) is 39.5. The summed E-state index contributed by atoms with van der Waals surface area (Å²) >= 11 is 0. The second-order valence-corrected chi connectivity index (χ2v) is 6.52. The minimum absolute atomic E-state index is 0.00457. The molecule has 1 aromatic carbocycles. The van der Waals surface area contributed by atoms with Crippen molar-refractivity contribution in [1.29, 1.82) is 0 Å². The summed E-state index contributed by atoms with van der Waals surface area (Å²) in [5.74, 6) is -0.766. The third kappa shape index (κ3) is 4.36. The molecule has 1 fully saturated rings. The fourth-order valence-corrected chi connectivity index (χ4v) is 3.05. The van der Waals surface area contributed by atoms with Crippen molar-refractivity contribution >= 4 is 17.8 Å². The van der Waals surface area contributed by atoms with Gasteiger partial charge in [0, 0.05) is 51.2 Å². The Hall–Kier alpha value is -3.09. The molecule has 27 heavy (non-hydrogen) atoms. The molecule has 1 saturated heterocycles. The maximum Gasteiger partial charge on any atom is 0.338 e. The van der Waals surface area contributed by atoms with Crippen LogP contribution >= 0.6 is 0 Å².